The molecule has 0 aromatic heterocycles. The molecule has 0 aliphatic carbocycles. The van der Waals surface area contributed by atoms with Crippen molar-refractivity contribution in [2.75, 3.05) is 20.2 Å². The van der Waals surface area contributed by atoms with Gasteiger partial charge >= 0.3 is 0 Å². The number of hydrogen-bond donors (Lipinski definition) is 1. The van der Waals surface area contributed by atoms with Gasteiger partial charge in [-0.25, -0.2) is 0 Å². The number of likely N-dealkylation sites (N-methyl/N-ethyl adjacent to an activating group) is 1. The molecule has 0 spiro atoms. The highest BCUT2D eigenvalue weighted by molar-refractivity contribution is 6.32. The summed E-state index contributed by atoms with van der Waals surface area (Å²) < 4.78 is 5.47. The van der Waals surface area contributed by atoms with Crippen LogP contribution in [0, 0.1) is 0 Å². The summed E-state index contributed by atoms with van der Waals surface area (Å²) in [5.74, 6) is 0.517. The Morgan fingerprint density at radius 1 is 1.53 bits per heavy atom. The van der Waals surface area contributed by atoms with Crippen LogP contribution in [0.4, 0.5) is 0 Å². The second kappa shape index (κ2) is 6.47. The topological polar surface area (TPSA) is 55.6 Å². The molecule has 0 bridgehead atoms. The molecule has 1 aromatic rings. The van der Waals surface area contributed by atoms with Gasteiger partial charge in [0.05, 0.1) is 17.6 Å². The summed E-state index contributed by atoms with van der Waals surface area (Å²) in [6.45, 7) is 2.53. The van der Waals surface area contributed by atoms with Gasteiger partial charge in [-0.05, 0) is 19.1 Å². The van der Waals surface area contributed by atoms with Crippen molar-refractivity contribution >= 4 is 17.5 Å². The van der Waals surface area contributed by atoms with E-state index in [2.05, 4.69) is 0 Å². The lowest BCUT2D eigenvalue weighted by Gasteiger charge is -2.19. The predicted octanol–water partition coefficient (Wildman–Crippen LogP) is 1.52. The van der Waals surface area contributed by atoms with E-state index in [-0.39, 0.29) is 5.91 Å². The summed E-state index contributed by atoms with van der Waals surface area (Å²) in [6, 6.07) is 6.74. The van der Waals surface area contributed by atoms with Gasteiger partial charge in [0.2, 0.25) is 5.91 Å². The first kappa shape index (κ1) is 13.8. The van der Waals surface area contributed by atoms with Crippen molar-refractivity contribution < 1.29 is 9.53 Å². The molecular formula is C12H17ClN2O2. The minimum Gasteiger partial charge on any atom is -0.490 e. The summed E-state index contributed by atoms with van der Waals surface area (Å²) in [5, 5.41) is 0.564. The predicted molar refractivity (Wildman–Crippen MR) is 68.2 cm³/mol. The van der Waals surface area contributed by atoms with Crippen molar-refractivity contribution in [3.8, 4) is 5.75 Å². The Bertz CT molecular complexity index is 383. The average molecular weight is 257 g/mol. The van der Waals surface area contributed by atoms with Crippen molar-refractivity contribution in [1.82, 2.24) is 4.90 Å². The maximum Gasteiger partial charge on any atom is 0.239 e. The van der Waals surface area contributed by atoms with Crippen LogP contribution in [0.15, 0.2) is 24.3 Å². The van der Waals surface area contributed by atoms with Crippen LogP contribution in [-0.4, -0.2) is 37.0 Å². The van der Waals surface area contributed by atoms with E-state index in [4.69, 9.17) is 22.1 Å². The minimum absolute atomic E-state index is 0.104. The van der Waals surface area contributed by atoms with Gasteiger partial charge in [0.25, 0.3) is 0 Å². The third kappa shape index (κ3) is 4.24. The monoisotopic (exact) mass is 256 g/mol. The van der Waals surface area contributed by atoms with E-state index in [9.17, 15) is 4.79 Å². The third-order valence-electron chi connectivity index (χ3n) is 2.29. The van der Waals surface area contributed by atoms with Gasteiger partial charge in [0, 0.05) is 7.05 Å². The third-order valence-corrected chi connectivity index (χ3v) is 2.60. The molecular weight excluding hydrogens is 240 g/mol. The number of nitrogens with zero attached hydrogens (tertiary/aromatic N) is 1. The van der Waals surface area contributed by atoms with Crippen LogP contribution in [-0.2, 0) is 4.79 Å². The van der Waals surface area contributed by atoms with Gasteiger partial charge in [-0.1, -0.05) is 23.7 Å². The maximum atomic E-state index is 11.5. The summed E-state index contributed by atoms with van der Waals surface area (Å²) in [7, 11) is 1.70. The molecule has 5 heteroatoms. The zero-order valence-corrected chi connectivity index (χ0v) is 10.8. The van der Waals surface area contributed by atoms with Crippen LogP contribution in [0.3, 0.4) is 0 Å². The number of hydrogen-bond acceptors (Lipinski definition) is 3. The second-order valence-corrected chi connectivity index (χ2v) is 4.23. The van der Waals surface area contributed by atoms with Crippen molar-refractivity contribution in [3.05, 3.63) is 29.3 Å². The zero-order chi connectivity index (χ0) is 12.8. The van der Waals surface area contributed by atoms with Crippen LogP contribution < -0.4 is 10.5 Å². The molecule has 0 radical (unpaired) electrons. The summed E-state index contributed by atoms with van der Waals surface area (Å²) >= 11 is 5.93. The number of para-hydroxylation sites is 1. The van der Waals surface area contributed by atoms with E-state index < -0.39 is 6.04 Å². The molecule has 0 aliphatic rings. The lowest BCUT2D eigenvalue weighted by atomic mass is 10.3. The molecule has 1 rings (SSSR count). The molecule has 17 heavy (non-hydrogen) atoms. The molecule has 2 N–H and O–H groups in total. The van der Waals surface area contributed by atoms with E-state index >= 15 is 0 Å². The molecule has 0 unspecified atom stereocenters. The lowest BCUT2D eigenvalue weighted by molar-refractivity contribution is -0.131. The number of benzene rings is 1. The smallest absolute Gasteiger partial charge is 0.239 e. The quantitative estimate of drug-likeness (QED) is 0.869. The normalized spacial score (nSPS) is 12.0. The van der Waals surface area contributed by atoms with Crippen molar-refractivity contribution in [3.63, 3.8) is 0 Å². The van der Waals surface area contributed by atoms with Gasteiger partial charge in [-0.2, -0.15) is 0 Å². The standard InChI is InChI=1S/C12H17ClN2O2/c1-9(14)12(16)15(2)7-8-17-11-6-4-3-5-10(11)13/h3-6,9H,7-8,14H2,1-2H3/t9-/m0/s1. The zero-order valence-electron chi connectivity index (χ0n) is 10.0. The van der Waals surface area contributed by atoms with Gasteiger partial charge in [-0.3, -0.25) is 4.79 Å². The first-order valence-electron chi connectivity index (χ1n) is 5.40. The van der Waals surface area contributed by atoms with Crippen LogP contribution in [0.25, 0.3) is 0 Å². The fourth-order valence-electron chi connectivity index (χ4n) is 1.31. The Morgan fingerprint density at radius 2 is 2.18 bits per heavy atom. The molecule has 0 heterocycles. The Morgan fingerprint density at radius 3 is 2.76 bits per heavy atom. The second-order valence-electron chi connectivity index (χ2n) is 3.83. The first-order valence-corrected chi connectivity index (χ1v) is 5.78. The molecule has 0 fully saturated rings. The number of carbonyl (C=O) groups excluding carboxylic acids is 1. The minimum atomic E-state index is -0.486. The number of amides is 1. The van der Waals surface area contributed by atoms with Crippen molar-refractivity contribution in [2.45, 2.75) is 13.0 Å². The Balaban J connectivity index is 2.38. The van der Waals surface area contributed by atoms with Crippen LogP contribution in [0.5, 0.6) is 5.75 Å². The maximum absolute atomic E-state index is 11.5. The number of carbonyl (C=O) groups is 1. The number of halogens is 1. The Labute approximate surface area is 106 Å². The fraction of sp³-hybridized carbons (Fsp3) is 0.417. The Kier molecular flexibility index (Phi) is 5.25. The van der Waals surface area contributed by atoms with Crippen LogP contribution in [0.1, 0.15) is 6.92 Å². The summed E-state index contributed by atoms with van der Waals surface area (Å²) in [6.07, 6.45) is 0. The fourth-order valence-corrected chi connectivity index (χ4v) is 1.50. The van der Waals surface area contributed by atoms with E-state index in [1.807, 2.05) is 12.1 Å². The molecule has 1 atom stereocenters. The van der Waals surface area contributed by atoms with E-state index in [1.54, 1.807) is 31.0 Å². The lowest BCUT2D eigenvalue weighted by Crippen LogP contribution is -2.41. The molecule has 0 saturated carbocycles. The highest BCUT2D eigenvalue weighted by Crippen LogP contribution is 2.22. The summed E-state index contributed by atoms with van der Waals surface area (Å²) in [4.78, 5) is 13.0. The molecule has 0 aliphatic heterocycles. The van der Waals surface area contributed by atoms with Gasteiger partial charge in [-0.15, -0.1) is 0 Å². The number of rotatable bonds is 5. The molecule has 1 amide bonds. The number of nitrogens with two attached hydrogens (primary N) is 1. The highest BCUT2D eigenvalue weighted by Gasteiger charge is 2.12. The Hall–Kier alpha value is -1.26. The van der Waals surface area contributed by atoms with Gasteiger partial charge < -0.3 is 15.4 Å². The first-order chi connectivity index (χ1) is 8.02. The van der Waals surface area contributed by atoms with Gasteiger partial charge in [0.15, 0.2) is 0 Å². The highest BCUT2D eigenvalue weighted by atomic mass is 35.5. The molecule has 4 nitrogen and oxygen atoms in total. The van der Waals surface area contributed by atoms with Crippen LogP contribution >= 0.6 is 11.6 Å². The van der Waals surface area contributed by atoms with Gasteiger partial charge in [0.1, 0.15) is 12.4 Å². The van der Waals surface area contributed by atoms with Crippen molar-refractivity contribution in [1.29, 1.82) is 0 Å². The molecule has 1 aromatic carbocycles. The SMILES string of the molecule is C[C@H](N)C(=O)N(C)CCOc1ccccc1Cl. The largest absolute Gasteiger partial charge is 0.490 e. The van der Waals surface area contributed by atoms with E-state index in [1.165, 1.54) is 0 Å². The van der Waals surface area contributed by atoms with E-state index in [0.29, 0.717) is 23.9 Å². The summed E-state index contributed by atoms with van der Waals surface area (Å²) in [5.41, 5.74) is 5.49. The molecule has 94 valence electrons. The number of ether oxygens (including phenoxy) is 1. The van der Waals surface area contributed by atoms with Crippen LogP contribution in [0.2, 0.25) is 5.02 Å². The van der Waals surface area contributed by atoms with E-state index in [0.717, 1.165) is 0 Å². The van der Waals surface area contributed by atoms with Crippen molar-refractivity contribution in [2.24, 2.45) is 5.73 Å². The average Bonchev–Trinajstić information content (AvgIpc) is 2.30. The molecule has 0 saturated heterocycles.